The molecule has 2 aromatic carbocycles. The molecule has 7 nitrogen and oxygen atoms in total. The molecule has 1 aliphatic rings. The number of rotatable bonds is 11. The number of anilines is 1. The molecule has 0 unspecified atom stereocenters. The summed E-state index contributed by atoms with van der Waals surface area (Å²) < 4.78 is 11.2. The van der Waals surface area contributed by atoms with E-state index < -0.39 is 0 Å². The third-order valence-electron chi connectivity index (χ3n) is 6.05. The van der Waals surface area contributed by atoms with Crippen molar-refractivity contribution in [3.05, 3.63) is 52.5 Å². The van der Waals surface area contributed by atoms with Crippen molar-refractivity contribution < 1.29 is 19.1 Å². The SMILES string of the molecule is COc1cccc(COc2cc(N)c(Cl)cc2C(=O)CCCCN2CCC(C(N)=O)CC2)c1.Cl. The lowest BCUT2D eigenvalue weighted by molar-refractivity contribution is -0.123. The highest BCUT2D eigenvalue weighted by molar-refractivity contribution is 6.33. The molecule has 1 heterocycles. The number of likely N-dealkylation sites (tertiary alicyclic amines) is 1. The van der Waals surface area contributed by atoms with Gasteiger partial charge in [-0.3, -0.25) is 9.59 Å². The maximum atomic E-state index is 12.9. The van der Waals surface area contributed by atoms with Crippen molar-refractivity contribution in [1.82, 2.24) is 4.90 Å². The summed E-state index contributed by atoms with van der Waals surface area (Å²) >= 11 is 6.19. The van der Waals surface area contributed by atoms with Crippen molar-refractivity contribution in [3.8, 4) is 11.5 Å². The van der Waals surface area contributed by atoms with Crippen molar-refractivity contribution in [2.45, 2.75) is 38.7 Å². The zero-order chi connectivity index (χ0) is 23.8. The second-order valence-electron chi connectivity index (χ2n) is 8.41. The normalized spacial score (nSPS) is 14.3. The van der Waals surface area contributed by atoms with E-state index >= 15 is 0 Å². The van der Waals surface area contributed by atoms with Crippen LogP contribution in [0.1, 0.15) is 48.0 Å². The quantitative estimate of drug-likeness (QED) is 0.262. The van der Waals surface area contributed by atoms with Gasteiger partial charge in [0.2, 0.25) is 5.91 Å². The molecule has 0 bridgehead atoms. The third-order valence-corrected chi connectivity index (χ3v) is 6.37. The number of primary amides is 1. The van der Waals surface area contributed by atoms with Gasteiger partial charge in [0.1, 0.15) is 18.1 Å². The largest absolute Gasteiger partial charge is 0.497 e. The van der Waals surface area contributed by atoms with Crippen LogP contribution in [0, 0.1) is 5.92 Å². The summed E-state index contributed by atoms with van der Waals surface area (Å²) in [7, 11) is 1.61. The highest BCUT2D eigenvalue weighted by Gasteiger charge is 2.22. The first-order valence-corrected chi connectivity index (χ1v) is 11.6. The van der Waals surface area contributed by atoms with Crippen LogP contribution in [0.3, 0.4) is 0 Å². The van der Waals surface area contributed by atoms with E-state index in [-0.39, 0.29) is 36.6 Å². The highest BCUT2D eigenvalue weighted by atomic mass is 35.5. The fourth-order valence-electron chi connectivity index (χ4n) is 4.03. The van der Waals surface area contributed by atoms with Crippen molar-refractivity contribution in [2.75, 3.05) is 32.5 Å². The first-order valence-electron chi connectivity index (χ1n) is 11.3. The molecule has 1 fully saturated rings. The Morgan fingerprint density at radius 2 is 1.88 bits per heavy atom. The first-order chi connectivity index (χ1) is 15.9. The summed E-state index contributed by atoms with van der Waals surface area (Å²) in [6.07, 6.45) is 3.67. The van der Waals surface area contributed by atoms with E-state index in [0.717, 1.165) is 56.6 Å². The lowest BCUT2D eigenvalue weighted by atomic mass is 9.96. The topological polar surface area (TPSA) is 108 Å². The van der Waals surface area contributed by atoms with Crippen LogP contribution < -0.4 is 20.9 Å². The molecule has 1 aliphatic heterocycles. The van der Waals surface area contributed by atoms with Crippen LogP contribution in [0.4, 0.5) is 5.69 Å². The standard InChI is InChI=1S/C25H32ClN3O4.ClH/c1-32-19-6-4-5-17(13-19)16-33-24-15-22(27)21(26)14-20(24)23(30)7-2-3-10-29-11-8-18(9-12-29)25(28)31;/h4-6,13-15,18H,2-3,7-12,16,27H2,1H3,(H2,28,31);1H. The van der Waals surface area contributed by atoms with Gasteiger partial charge in [0.25, 0.3) is 0 Å². The molecule has 0 radical (unpaired) electrons. The van der Waals surface area contributed by atoms with Crippen molar-refractivity contribution >= 4 is 41.4 Å². The molecule has 186 valence electrons. The number of nitrogens with two attached hydrogens (primary N) is 2. The van der Waals surface area contributed by atoms with Gasteiger partial charge in [-0.2, -0.15) is 0 Å². The van der Waals surface area contributed by atoms with Crippen LogP contribution in [0.5, 0.6) is 11.5 Å². The number of carbonyl (C=O) groups is 2. The fourth-order valence-corrected chi connectivity index (χ4v) is 4.19. The van der Waals surface area contributed by atoms with Crippen LogP contribution in [-0.2, 0) is 11.4 Å². The van der Waals surface area contributed by atoms with Gasteiger partial charge in [0, 0.05) is 18.4 Å². The average molecular weight is 510 g/mol. The van der Waals surface area contributed by atoms with E-state index in [0.29, 0.717) is 28.4 Å². The molecule has 1 amide bonds. The minimum atomic E-state index is -0.202. The molecule has 0 aliphatic carbocycles. The zero-order valence-corrected chi connectivity index (χ0v) is 21.0. The number of nitrogens with zero attached hydrogens (tertiary/aromatic N) is 1. The predicted molar refractivity (Wildman–Crippen MR) is 137 cm³/mol. The summed E-state index contributed by atoms with van der Waals surface area (Å²) in [5.41, 5.74) is 13.1. The Morgan fingerprint density at radius 3 is 2.56 bits per heavy atom. The minimum Gasteiger partial charge on any atom is -0.497 e. The summed E-state index contributed by atoms with van der Waals surface area (Å²) in [6, 6.07) is 10.8. The number of halogens is 2. The molecule has 9 heteroatoms. The molecular weight excluding hydrogens is 477 g/mol. The number of nitrogen functional groups attached to an aromatic ring is 1. The number of ether oxygens (including phenoxy) is 2. The molecule has 0 atom stereocenters. The Kier molecular flexibility index (Phi) is 11.0. The maximum absolute atomic E-state index is 12.9. The van der Waals surface area contributed by atoms with E-state index in [1.807, 2.05) is 24.3 Å². The summed E-state index contributed by atoms with van der Waals surface area (Å²) in [5.74, 6) is 0.936. The van der Waals surface area contributed by atoms with Crippen LogP contribution in [0.2, 0.25) is 5.02 Å². The highest BCUT2D eigenvalue weighted by Crippen LogP contribution is 2.31. The Balaban J connectivity index is 0.00000408. The Labute approximate surface area is 212 Å². The van der Waals surface area contributed by atoms with Crippen molar-refractivity contribution in [3.63, 3.8) is 0 Å². The van der Waals surface area contributed by atoms with Crippen LogP contribution in [-0.4, -0.2) is 43.3 Å². The van der Waals surface area contributed by atoms with E-state index in [4.69, 9.17) is 32.5 Å². The lowest BCUT2D eigenvalue weighted by Crippen LogP contribution is -2.38. The van der Waals surface area contributed by atoms with E-state index in [1.54, 1.807) is 19.2 Å². The maximum Gasteiger partial charge on any atom is 0.220 e. The van der Waals surface area contributed by atoms with Gasteiger partial charge in [0.05, 0.1) is 23.4 Å². The Hall–Kier alpha value is -2.48. The number of Topliss-reactive ketones (excluding diaryl/α,β-unsaturated/α-hetero) is 1. The smallest absolute Gasteiger partial charge is 0.220 e. The number of methoxy groups -OCH3 is 1. The van der Waals surface area contributed by atoms with Gasteiger partial charge < -0.3 is 25.8 Å². The van der Waals surface area contributed by atoms with Gasteiger partial charge in [-0.15, -0.1) is 12.4 Å². The molecule has 0 spiro atoms. The average Bonchev–Trinajstić information content (AvgIpc) is 2.82. The Bertz CT molecular complexity index is 979. The van der Waals surface area contributed by atoms with Crippen molar-refractivity contribution in [1.29, 1.82) is 0 Å². The fraction of sp³-hybridized carbons (Fsp3) is 0.440. The summed E-state index contributed by atoms with van der Waals surface area (Å²) in [5, 5.41) is 0.337. The number of ketones is 1. The van der Waals surface area contributed by atoms with E-state index in [1.165, 1.54) is 0 Å². The van der Waals surface area contributed by atoms with Gasteiger partial charge in [-0.05, 0) is 69.1 Å². The van der Waals surface area contributed by atoms with E-state index in [9.17, 15) is 9.59 Å². The first kappa shape index (κ1) is 27.8. The predicted octanol–water partition coefficient (Wildman–Crippen LogP) is 4.48. The molecule has 3 rings (SSSR count). The number of amides is 1. The van der Waals surface area contributed by atoms with Gasteiger partial charge in [-0.25, -0.2) is 0 Å². The molecule has 0 aromatic heterocycles. The number of carbonyl (C=O) groups excluding carboxylic acids is 2. The number of unbranched alkanes of at least 4 members (excludes halogenated alkanes) is 1. The second kappa shape index (κ2) is 13.4. The van der Waals surface area contributed by atoms with E-state index in [2.05, 4.69) is 4.90 Å². The Morgan fingerprint density at radius 1 is 1.15 bits per heavy atom. The number of hydrogen-bond donors (Lipinski definition) is 2. The molecular formula is C25H33Cl2N3O4. The molecule has 4 N–H and O–H groups in total. The van der Waals surface area contributed by atoms with Gasteiger partial charge in [0.15, 0.2) is 5.78 Å². The monoisotopic (exact) mass is 509 g/mol. The molecule has 1 saturated heterocycles. The third kappa shape index (κ3) is 7.79. The van der Waals surface area contributed by atoms with Crippen LogP contribution in [0.25, 0.3) is 0 Å². The zero-order valence-electron chi connectivity index (χ0n) is 19.4. The molecule has 0 saturated carbocycles. The lowest BCUT2D eigenvalue weighted by Gasteiger charge is -2.30. The summed E-state index contributed by atoms with van der Waals surface area (Å²) in [6.45, 7) is 2.93. The number of benzene rings is 2. The number of hydrogen-bond acceptors (Lipinski definition) is 6. The van der Waals surface area contributed by atoms with Crippen LogP contribution in [0.15, 0.2) is 36.4 Å². The van der Waals surface area contributed by atoms with Crippen LogP contribution >= 0.6 is 24.0 Å². The molecule has 34 heavy (non-hydrogen) atoms. The summed E-state index contributed by atoms with van der Waals surface area (Å²) in [4.78, 5) is 26.6. The van der Waals surface area contributed by atoms with Gasteiger partial charge in [-0.1, -0.05) is 23.7 Å². The number of piperidine rings is 1. The van der Waals surface area contributed by atoms with Gasteiger partial charge >= 0.3 is 0 Å². The second-order valence-corrected chi connectivity index (χ2v) is 8.82. The molecule has 2 aromatic rings. The minimum absolute atomic E-state index is 0. The van der Waals surface area contributed by atoms with Crippen molar-refractivity contribution in [2.24, 2.45) is 11.7 Å².